The van der Waals surface area contributed by atoms with Gasteiger partial charge in [0.15, 0.2) is 0 Å². The number of rotatable bonds is 3. The smallest absolute Gasteiger partial charge is 0.329 e. The monoisotopic (exact) mass is 256 g/mol. The van der Waals surface area contributed by atoms with E-state index in [2.05, 4.69) is 0 Å². The van der Waals surface area contributed by atoms with Crippen LogP contribution in [0.3, 0.4) is 0 Å². The number of amides is 2. The summed E-state index contributed by atoms with van der Waals surface area (Å²) in [6, 6.07) is 0.0348. The summed E-state index contributed by atoms with van der Waals surface area (Å²) in [6.45, 7) is 3.09. The predicted molar refractivity (Wildman–Crippen MR) is 69.5 cm³/mol. The molecule has 5 heteroatoms. The average Bonchev–Trinajstić information content (AvgIpc) is 2.36. The summed E-state index contributed by atoms with van der Waals surface area (Å²) in [4.78, 5) is 26.4. The normalized spacial score (nSPS) is 17.3. The molecule has 1 rings (SSSR count). The summed E-state index contributed by atoms with van der Waals surface area (Å²) in [5.41, 5.74) is -1.18. The van der Waals surface area contributed by atoms with Gasteiger partial charge in [0.1, 0.15) is 5.54 Å². The minimum absolute atomic E-state index is 0.214. The molecule has 0 aliphatic heterocycles. The molecule has 0 aromatic carbocycles. The van der Waals surface area contributed by atoms with Gasteiger partial charge >= 0.3 is 12.0 Å². The van der Waals surface area contributed by atoms with Crippen molar-refractivity contribution in [2.75, 3.05) is 14.1 Å². The van der Waals surface area contributed by atoms with Crippen molar-refractivity contribution in [3.05, 3.63) is 0 Å². The maximum Gasteiger partial charge on any atom is 0.329 e. The summed E-state index contributed by atoms with van der Waals surface area (Å²) in [5, 5.41) is 9.14. The fourth-order valence-corrected chi connectivity index (χ4v) is 2.24. The van der Waals surface area contributed by atoms with Gasteiger partial charge in [-0.25, -0.2) is 9.59 Å². The first-order valence-corrected chi connectivity index (χ1v) is 6.52. The van der Waals surface area contributed by atoms with Crippen LogP contribution in [0.1, 0.15) is 46.0 Å². The Kier molecular flexibility index (Phi) is 4.59. The summed E-state index contributed by atoms with van der Waals surface area (Å²) in [6.07, 6.45) is 5.56. The second kappa shape index (κ2) is 5.59. The Morgan fingerprint density at radius 2 is 1.61 bits per heavy atom. The van der Waals surface area contributed by atoms with E-state index in [4.69, 9.17) is 5.11 Å². The summed E-state index contributed by atoms with van der Waals surface area (Å²) >= 11 is 0. The van der Waals surface area contributed by atoms with Crippen LogP contribution in [0, 0.1) is 0 Å². The van der Waals surface area contributed by atoms with Crippen molar-refractivity contribution >= 4 is 12.0 Å². The molecule has 0 bridgehead atoms. The predicted octanol–water partition coefficient (Wildman–Crippen LogP) is 2.17. The number of hydrogen-bond donors (Lipinski definition) is 1. The van der Waals surface area contributed by atoms with Crippen molar-refractivity contribution in [2.45, 2.75) is 57.5 Å². The van der Waals surface area contributed by atoms with Crippen LogP contribution in [0.15, 0.2) is 0 Å². The molecule has 1 N–H and O–H groups in total. The van der Waals surface area contributed by atoms with Crippen molar-refractivity contribution in [1.82, 2.24) is 9.80 Å². The van der Waals surface area contributed by atoms with Gasteiger partial charge in [-0.05, 0) is 26.7 Å². The van der Waals surface area contributed by atoms with Crippen molar-refractivity contribution in [2.24, 2.45) is 0 Å². The topological polar surface area (TPSA) is 60.9 Å². The molecule has 0 heterocycles. The van der Waals surface area contributed by atoms with E-state index in [0.29, 0.717) is 0 Å². The first-order valence-electron chi connectivity index (χ1n) is 6.52. The lowest BCUT2D eigenvalue weighted by Crippen LogP contribution is -2.56. The highest BCUT2D eigenvalue weighted by molar-refractivity contribution is 5.85. The van der Waals surface area contributed by atoms with Crippen molar-refractivity contribution in [1.29, 1.82) is 0 Å². The van der Waals surface area contributed by atoms with E-state index < -0.39 is 11.5 Å². The number of carbonyl (C=O) groups excluding carboxylic acids is 1. The third-order valence-corrected chi connectivity index (χ3v) is 4.07. The first kappa shape index (κ1) is 14.8. The van der Waals surface area contributed by atoms with Crippen LogP contribution in [-0.2, 0) is 4.79 Å². The number of urea groups is 1. The number of carbonyl (C=O) groups is 2. The molecule has 0 spiro atoms. The van der Waals surface area contributed by atoms with Gasteiger partial charge in [0.25, 0.3) is 0 Å². The third-order valence-electron chi connectivity index (χ3n) is 4.07. The summed E-state index contributed by atoms with van der Waals surface area (Å²) in [7, 11) is 3.32. The molecule has 18 heavy (non-hydrogen) atoms. The van der Waals surface area contributed by atoms with Gasteiger partial charge in [0.2, 0.25) is 0 Å². The lowest BCUT2D eigenvalue weighted by atomic mass is 9.94. The van der Waals surface area contributed by atoms with Crippen molar-refractivity contribution in [3.8, 4) is 0 Å². The molecule has 1 aliphatic rings. The van der Waals surface area contributed by atoms with Crippen LogP contribution in [0.4, 0.5) is 4.79 Å². The maximum absolute atomic E-state index is 12.3. The summed E-state index contributed by atoms with van der Waals surface area (Å²) < 4.78 is 0. The number of nitrogens with zero attached hydrogens (tertiary/aromatic N) is 2. The van der Waals surface area contributed by atoms with Crippen LogP contribution < -0.4 is 0 Å². The molecule has 2 amide bonds. The molecule has 1 saturated carbocycles. The van der Waals surface area contributed by atoms with Gasteiger partial charge in [-0.3, -0.25) is 0 Å². The lowest BCUT2D eigenvalue weighted by Gasteiger charge is -2.38. The molecule has 1 aliphatic carbocycles. The van der Waals surface area contributed by atoms with Gasteiger partial charge in [-0.15, -0.1) is 0 Å². The van der Waals surface area contributed by atoms with E-state index in [1.807, 2.05) is 0 Å². The molecule has 5 nitrogen and oxygen atoms in total. The molecule has 0 aromatic heterocycles. The van der Waals surface area contributed by atoms with E-state index in [9.17, 15) is 9.59 Å². The lowest BCUT2D eigenvalue weighted by molar-refractivity contribution is -0.147. The second-order valence-corrected chi connectivity index (χ2v) is 5.61. The Labute approximate surface area is 109 Å². The molecule has 104 valence electrons. The van der Waals surface area contributed by atoms with E-state index >= 15 is 0 Å². The minimum Gasteiger partial charge on any atom is -0.480 e. The number of likely N-dealkylation sites (N-methyl/N-ethyl adjacent to an activating group) is 1. The SMILES string of the molecule is CN(C(=O)N(C)C(C)(C)C(=O)O)C1CCCCC1. The number of hydrogen-bond acceptors (Lipinski definition) is 2. The van der Waals surface area contributed by atoms with Crippen LogP contribution in [0.5, 0.6) is 0 Å². The average molecular weight is 256 g/mol. The fraction of sp³-hybridized carbons (Fsp3) is 0.846. The molecule has 1 fully saturated rings. The Bertz CT molecular complexity index is 322. The number of aliphatic carboxylic acids is 1. The van der Waals surface area contributed by atoms with Crippen molar-refractivity contribution in [3.63, 3.8) is 0 Å². The minimum atomic E-state index is -1.18. The highest BCUT2D eigenvalue weighted by atomic mass is 16.4. The molecular formula is C13H24N2O3. The highest BCUT2D eigenvalue weighted by Crippen LogP contribution is 2.23. The third kappa shape index (κ3) is 2.94. The van der Waals surface area contributed by atoms with Crippen LogP contribution in [0.2, 0.25) is 0 Å². The highest BCUT2D eigenvalue weighted by Gasteiger charge is 2.37. The molecule has 0 atom stereocenters. The fourth-order valence-electron chi connectivity index (χ4n) is 2.24. The number of carboxylic acids is 1. The largest absolute Gasteiger partial charge is 0.480 e. The van der Waals surface area contributed by atoms with Gasteiger partial charge in [0, 0.05) is 20.1 Å². The van der Waals surface area contributed by atoms with Crippen molar-refractivity contribution < 1.29 is 14.7 Å². The second-order valence-electron chi connectivity index (χ2n) is 5.61. The van der Waals surface area contributed by atoms with E-state index in [1.165, 1.54) is 11.3 Å². The van der Waals surface area contributed by atoms with Gasteiger partial charge < -0.3 is 14.9 Å². The zero-order valence-corrected chi connectivity index (χ0v) is 11.8. The Morgan fingerprint density at radius 1 is 1.11 bits per heavy atom. The molecule has 0 unspecified atom stereocenters. The summed E-state index contributed by atoms with van der Waals surface area (Å²) in [5.74, 6) is -0.990. The molecular weight excluding hydrogens is 232 g/mol. The van der Waals surface area contributed by atoms with Crippen LogP contribution in [-0.4, -0.2) is 52.6 Å². The zero-order chi connectivity index (χ0) is 13.9. The van der Waals surface area contributed by atoms with Crippen LogP contribution >= 0.6 is 0 Å². The van der Waals surface area contributed by atoms with E-state index in [-0.39, 0.29) is 12.1 Å². The van der Waals surface area contributed by atoms with Gasteiger partial charge in [-0.2, -0.15) is 0 Å². The maximum atomic E-state index is 12.3. The van der Waals surface area contributed by atoms with Crippen LogP contribution in [0.25, 0.3) is 0 Å². The quantitative estimate of drug-likeness (QED) is 0.841. The van der Waals surface area contributed by atoms with Gasteiger partial charge in [-0.1, -0.05) is 19.3 Å². The standard InChI is InChI=1S/C13H24N2O3/c1-13(2,11(16)17)15(4)12(18)14(3)10-8-6-5-7-9-10/h10H,5-9H2,1-4H3,(H,16,17). The Hall–Kier alpha value is -1.26. The Morgan fingerprint density at radius 3 is 2.06 bits per heavy atom. The Balaban J connectivity index is 2.70. The van der Waals surface area contributed by atoms with E-state index in [1.54, 1.807) is 32.8 Å². The van der Waals surface area contributed by atoms with E-state index in [0.717, 1.165) is 25.7 Å². The first-order chi connectivity index (χ1) is 8.28. The molecule has 0 radical (unpaired) electrons. The molecule has 0 saturated heterocycles. The van der Waals surface area contributed by atoms with Gasteiger partial charge in [0.05, 0.1) is 0 Å². The zero-order valence-electron chi connectivity index (χ0n) is 11.8. The molecule has 0 aromatic rings. The number of carboxylic acid groups (broad SMARTS) is 1.